The number of anilines is 1. The quantitative estimate of drug-likeness (QED) is 0.558. The van der Waals surface area contributed by atoms with Crippen LogP contribution < -0.4 is 5.73 Å². The molecule has 10 heteroatoms. The Bertz CT molecular complexity index is 611. The standard InChI is InChI=1S/C12H12ClN3O.Cl3OP/c13-11-6-10(15-12(14)16-11)8-17-7-9-4-2-1-3-5-9;1-5(2,3)4/h1-6H,7-8H2,(H2,14,15,16);. The summed E-state index contributed by atoms with van der Waals surface area (Å²) in [5.41, 5.74) is 7.27. The van der Waals surface area contributed by atoms with Gasteiger partial charge in [0.1, 0.15) is 5.15 Å². The lowest BCUT2D eigenvalue weighted by atomic mass is 10.2. The SMILES string of the molecule is Nc1nc(Cl)cc(COCc2ccccc2)n1.O=P(Cl)(Cl)Cl. The molecular weight excluding hydrogens is 391 g/mol. The van der Waals surface area contributed by atoms with E-state index < -0.39 is 5.20 Å². The van der Waals surface area contributed by atoms with Gasteiger partial charge in [-0.15, -0.1) is 0 Å². The molecule has 1 aromatic carbocycles. The second-order valence-electron chi connectivity index (χ2n) is 3.92. The molecule has 2 N–H and O–H groups in total. The van der Waals surface area contributed by atoms with Crippen LogP contribution in [0.1, 0.15) is 11.3 Å². The van der Waals surface area contributed by atoms with E-state index in [1.54, 1.807) is 6.07 Å². The summed E-state index contributed by atoms with van der Waals surface area (Å²) in [7, 11) is 0. The van der Waals surface area contributed by atoms with Crippen molar-refractivity contribution in [1.82, 2.24) is 9.97 Å². The fourth-order valence-electron chi connectivity index (χ4n) is 1.41. The molecule has 0 spiro atoms. The zero-order valence-electron chi connectivity index (χ0n) is 11.1. The topological polar surface area (TPSA) is 78.1 Å². The Kier molecular flexibility index (Phi) is 8.47. The van der Waals surface area contributed by atoms with E-state index in [1.807, 2.05) is 30.3 Å². The van der Waals surface area contributed by atoms with Gasteiger partial charge in [0.2, 0.25) is 5.95 Å². The second kappa shape index (κ2) is 9.56. The summed E-state index contributed by atoms with van der Waals surface area (Å²) in [6.45, 7) is 0.893. The van der Waals surface area contributed by atoms with E-state index in [9.17, 15) is 4.57 Å². The third-order valence-corrected chi connectivity index (χ3v) is 2.32. The molecule has 0 aliphatic rings. The molecule has 0 fully saturated rings. The summed E-state index contributed by atoms with van der Waals surface area (Å²) in [5, 5.41) is -2.89. The highest BCUT2D eigenvalue weighted by Gasteiger charge is 2.03. The molecule has 22 heavy (non-hydrogen) atoms. The molecule has 0 aliphatic carbocycles. The number of halogens is 4. The van der Waals surface area contributed by atoms with Crippen molar-refractivity contribution in [3.05, 3.63) is 52.8 Å². The van der Waals surface area contributed by atoms with E-state index >= 15 is 0 Å². The van der Waals surface area contributed by atoms with Gasteiger partial charge >= 0.3 is 5.20 Å². The number of benzene rings is 1. The maximum Gasteiger partial charge on any atom is 0.339 e. The van der Waals surface area contributed by atoms with Crippen molar-refractivity contribution < 1.29 is 9.30 Å². The highest BCUT2D eigenvalue weighted by Crippen LogP contribution is 2.61. The highest BCUT2D eigenvalue weighted by molar-refractivity contribution is 8.24. The van der Waals surface area contributed by atoms with Crippen LogP contribution >= 0.6 is 50.5 Å². The largest absolute Gasteiger partial charge is 0.370 e. The number of nitrogens with two attached hydrogens (primary N) is 1. The maximum atomic E-state index is 9.51. The zero-order chi connectivity index (χ0) is 16.6. The van der Waals surface area contributed by atoms with Crippen LogP contribution in [0.15, 0.2) is 36.4 Å². The summed E-state index contributed by atoms with van der Waals surface area (Å²) < 4.78 is 15.0. The van der Waals surface area contributed by atoms with Crippen LogP contribution in [0.3, 0.4) is 0 Å². The van der Waals surface area contributed by atoms with Crippen LogP contribution in [0.4, 0.5) is 5.95 Å². The van der Waals surface area contributed by atoms with Gasteiger partial charge in [0, 0.05) is 0 Å². The van der Waals surface area contributed by atoms with Gasteiger partial charge < -0.3 is 10.5 Å². The molecule has 5 nitrogen and oxygen atoms in total. The van der Waals surface area contributed by atoms with Crippen LogP contribution in [0.2, 0.25) is 5.15 Å². The monoisotopic (exact) mass is 401 g/mol. The zero-order valence-corrected chi connectivity index (χ0v) is 15.0. The molecule has 0 radical (unpaired) electrons. The van der Waals surface area contributed by atoms with Crippen molar-refractivity contribution >= 4 is 56.5 Å². The summed E-state index contributed by atoms with van der Waals surface area (Å²) in [4.78, 5) is 7.80. The minimum atomic E-state index is -3.22. The van der Waals surface area contributed by atoms with Gasteiger partial charge in [0.15, 0.2) is 0 Å². The van der Waals surface area contributed by atoms with Crippen LogP contribution in [0, 0.1) is 0 Å². The van der Waals surface area contributed by atoms with Crippen LogP contribution in [-0.2, 0) is 22.5 Å². The Morgan fingerprint density at radius 1 is 1.09 bits per heavy atom. The van der Waals surface area contributed by atoms with Crippen LogP contribution in [-0.4, -0.2) is 9.97 Å². The van der Waals surface area contributed by atoms with Gasteiger partial charge in [-0.3, -0.25) is 4.57 Å². The molecule has 1 aromatic heterocycles. The Balaban J connectivity index is 0.000000422. The number of ether oxygens (including phenoxy) is 1. The first-order valence-electron chi connectivity index (χ1n) is 5.83. The Morgan fingerprint density at radius 3 is 2.23 bits per heavy atom. The first-order valence-corrected chi connectivity index (χ1v) is 10.6. The molecule has 0 aliphatic heterocycles. The van der Waals surface area contributed by atoms with Crippen LogP contribution in [0.5, 0.6) is 0 Å². The molecule has 0 unspecified atom stereocenters. The number of rotatable bonds is 4. The van der Waals surface area contributed by atoms with Gasteiger partial charge in [-0.1, -0.05) is 41.9 Å². The van der Waals surface area contributed by atoms with Gasteiger partial charge in [0.05, 0.1) is 18.9 Å². The molecule has 0 atom stereocenters. The lowest BCUT2D eigenvalue weighted by molar-refractivity contribution is 0.104. The van der Waals surface area contributed by atoms with E-state index in [4.69, 9.17) is 22.1 Å². The minimum Gasteiger partial charge on any atom is -0.370 e. The fourth-order valence-corrected chi connectivity index (χ4v) is 1.62. The lowest BCUT2D eigenvalue weighted by Gasteiger charge is -2.04. The number of hydrogen-bond acceptors (Lipinski definition) is 5. The Hall–Kier alpha value is -0.550. The molecule has 1 heterocycles. The minimum absolute atomic E-state index is 0.163. The third kappa shape index (κ3) is 10.2. The summed E-state index contributed by atoms with van der Waals surface area (Å²) >= 11 is 19.6. The van der Waals surface area contributed by atoms with Crippen molar-refractivity contribution in [2.24, 2.45) is 0 Å². The molecule has 0 saturated heterocycles. The molecule has 120 valence electrons. The highest BCUT2D eigenvalue weighted by atomic mass is 36.0. The Labute approximate surface area is 147 Å². The molecule has 0 saturated carbocycles. The lowest BCUT2D eigenvalue weighted by Crippen LogP contribution is -2.01. The number of aromatic nitrogens is 2. The van der Waals surface area contributed by atoms with Crippen molar-refractivity contribution in [3.8, 4) is 0 Å². The van der Waals surface area contributed by atoms with E-state index in [-0.39, 0.29) is 5.95 Å². The summed E-state index contributed by atoms with van der Waals surface area (Å²) in [6, 6.07) is 11.6. The maximum absolute atomic E-state index is 9.51. The number of nitrogen functional groups attached to an aromatic ring is 1. The smallest absolute Gasteiger partial charge is 0.339 e. The van der Waals surface area contributed by atoms with Crippen molar-refractivity contribution in [2.75, 3.05) is 5.73 Å². The molecule has 2 aromatic rings. The molecule has 2 rings (SSSR count). The average molecular weight is 403 g/mol. The van der Waals surface area contributed by atoms with E-state index in [2.05, 4.69) is 43.7 Å². The summed E-state index contributed by atoms with van der Waals surface area (Å²) in [5.74, 6) is 0.163. The van der Waals surface area contributed by atoms with Gasteiger partial charge in [-0.25, -0.2) is 9.97 Å². The van der Waals surface area contributed by atoms with Gasteiger partial charge in [-0.05, 0) is 45.4 Å². The Morgan fingerprint density at radius 2 is 1.68 bits per heavy atom. The summed E-state index contributed by atoms with van der Waals surface area (Å²) in [6.07, 6.45) is 0. The first-order chi connectivity index (χ1) is 10.2. The molecule has 0 amide bonds. The van der Waals surface area contributed by atoms with Crippen molar-refractivity contribution in [2.45, 2.75) is 13.2 Å². The molecular formula is C12H12Cl4N3O2P. The van der Waals surface area contributed by atoms with Gasteiger partial charge in [-0.2, -0.15) is 0 Å². The van der Waals surface area contributed by atoms with Crippen molar-refractivity contribution in [3.63, 3.8) is 0 Å². The third-order valence-electron chi connectivity index (χ3n) is 2.13. The second-order valence-corrected chi connectivity index (χ2v) is 10.9. The predicted molar refractivity (Wildman–Crippen MR) is 91.6 cm³/mol. The van der Waals surface area contributed by atoms with E-state index in [0.717, 1.165) is 5.56 Å². The first kappa shape index (κ1) is 19.5. The fraction of sp³-hybridized carbons (Fsp3) is 0.167. The predicted octanol–water partition coefficient (Wildman–Crippen LogP) is 5.24. The van der Waals surface area contributed by atoms with Gasteiger partial charge in [0.25, 0.3) is 0 Å². The number of hydrogen-bond donors (Lipinski definition) is 1. The van der Waals surface area contributed by atoms with Crippen molar-refractivity contribution in [1.29, 1.82) is 0 Å². The van der Waals surface area contributed by atoms with E-state index in [0.29, 0.717) is 24.1 Å². The average Bonchev–Trinajstić information content (AvgIpc) is 2.37. The number of nitrogens with zero attached hydrogens (tertiary/aromatic N) is 2. The molecule has 0 bridgehead atoms. The van der Waals surface area contributed by atoms with E-state index in [1.165, 1.54) is 0 Å². The van der Waals surface area contributed by atoms with Crippen LogP contribution in [0.25, 0.3) is 0 Å². The normalized spacial score (nSPS) is 10.7.